The van der Waals surface area contributed by atoms with Gasteiger partial charge in [-0.3, -0.25) is 9.69 Å². The summed E-state index contributed by atoms with van der Waals surface area (Å²) in [6.45, 7) is 5.22. The number of hydrogen-bond donors (Lipinski definition) is 1. The first-order chi connectivity index (χ1) is 12.1. The Morgan fingerprint density at radius 3 is 2.44 bits per heavy atom. The van der Waals surface area contributed by atoms with Gasteiger partial charge in [-0.1, -0.05) is 0 Å². The molecule has 9 heteroatoms. The molecule has 2 aliphatic rings. The molecule has 3 rings (SSSR count). The van der Waals surface area contributed by atoms with Crippen molar-refractivity contribution in [2.75, 3.05) is 64.3 Å². The van der Waals surface area contributed by atoms with E-state index in [1.54, 1.807) is 4.90 Å². The number of piperazine rings is 1. The van der Waals surface area contributed by atoms with Gasteiger partial charge in [0.1, 0.15) is 0 Å². The highest BCUT2D eigenvalue weighted by Crippen LogP contribution is 2.09. The minimum Gasteiger partial charge on any atom is -0.378 e. The first-order valence-electron chi connectivity index (χ1n) is 8.37. The molecule has 0 unspecified atom stereocenters. The molecule has 0 radical (unpaired) electrons. The van der Waals surface area contributed by atoms with Crippen molar-refractivity contribution in [2.45, 2.75) is 0 Å². The number of amides is 3. The van der Waals surface area contributed by atoms with Crippen LogP contribution in [0.4, 0.5) is 14.9 Å². The molecule has 2 fully saturated rings. The number of anilines is 1. The summed E-state index contributed by atoms with van der Waals surface area (Å²) in [4.78, 5) is 33.5. The number of nitrogens with one attached hydrogen (secondary N) is 1. The van der Waals surface area contributed by atoms with Gasteiger partial charge in [-0.25, -0.2) is 9.78 Å². The summed E-state index contributed by atoms with van der Waals surface area (Å²) in [5.74, 6) is -0.477. The van der Waals surface area contributed by atoms with Crippen molar-refractivity contribution in [1.82, 2.24) is 19.7 Å². The van der Waals surface area contributed by atoms with Crippen molar-refractivity contribution in [2.24, 2.45) is 0 Å². The van der Waals surface area contributed by atoms with E-state index < -0.39 is 5.95 Å². The Morgan fingerprint density at radius 2 is 1.80 bits per heavy atom. The van der Waals surface area contributed by atoms with Crippen LogP contribution in [0.25, 0.3) is 0 Å². The van der Waals surface area contributed by atoms with Crippen molar-refractivity contribution in [1.29, 1.82) is 0 Å². The number of nitrogens with zero attached hydrogens (tertiary/aromatic N) is 4. The van der Waals surface area contributed by atoms with Gasteiger partial charge in [-0.05, 0) is 12.1 Å². The van der Waals surface area contributed by atoms with Gasteiger partial charge in [0.05, 0.1) is 31.6 Å². The molecule has 1 aromatic heterocycles. The van der Waals surface area contributed by atoms with Crippen LogP contribution in [0.5, 0.6) is 0 Å². The van der Waals surface area contributed by atoms with Crippen LogP contribution >= 0.6 is 0 Å². The molecule has 2 saturated heterocycles. The van der Waals surface area contributed by atoms with Gasteiger partial charge >= 0.3 is 6.03 Å². The quantitative estimate of drug-likeness (QED) is 0.789. The van der Waals surface area contributed by atoms with E-state index in [2.05, 4.69) is 15.2 Å². The van der Waals surface area contributed by atoms with Gasteiger partial charge in [-0.15, -0.1) is 0 Å². The minimum absolute atomic E-state index is 0.110. The van der Waals surface area contributed by atoms with E-state index in [0.29, 0.717) is 64.7 Å². The van der Waals surface area contributed by atoms with Gasteiger partial charge in [-0.2, -0.15) is 4.39 Å². The van der Waals surface area contributed by atoms with E-state index >= 15 is 0 Å². The van der Waals surface area contributed by atoms with Crippen LogP contribution in [0.15, 0.2) is 18.3 Å². The third-order valence-electron chi connectivity index (χ3n) is 4.36. The summed E-state index contributed by atoms with van der Waals surface area (Å²) in [5, 5.41) is 2.70. The Balaban J connectivity index is 1.42. The Kier molecular flexibility index (Phi) is 5.77. The van der Waals surface area contributed by atoms with E-state index in [1.165, 1.54) is 18.3 Å². The van der Waals surface area contributed by atoms with E-state index in [9.17, 15) is 14.0 Å². The molecule has 2 aliphatic heterocycles. The fourth-order valence-electron chi connectivity index (χ4n) is 2.87. The lowest BCUT2D eigenvalue weighted by Crippen LogP contribution is -2.53. The summed E-state index contributed by atoms with van der Waals surface area (Å²) in [6, 6.07) is 2.43. The molecule has 1 N–H and O–H groups in total. The van der Waals surface area contributed by atoms with Crippen LogP contribution < -0.4 is 5.32 Å². The molecule has 25 heavy (non-hydrogen) atoms. The second-order valence-corrected chi connectivity index (χ2v) is 6.06. The van der Waals surface area contributed by atoms with Crippen molar-refractivity contribution in [3.63, 3.8) is 0 Å². The predicted molar refractivity (Wildman–Crippen MR) is 88.6 cm³/mol. The zero-order chi connectivity index (χ0) is 17.6. The molecule has 0 bridgehead atoms. The van der Waals surface area contributed by atoms with Gasteiger partial charge < -0.3 is 19.9 Å². The number of morpholine rings is 1. The average Bonchev–Trinajstić information content (AvgIpc) is 2.65. The number of carbonyl (C=O) groups excluding carboxylic acids is 2. The monoisotopic (exact) mass is 351 g/mol. The molecular weight excluding hydrogens is 329 g/mol. The number of aromatic nitrogens is 1. The first-order valence-corrected chi connectivity index (χ1v) is 8.37. The molecule has 0 saturated carbocycles. The van der Waals surface area contributed by atoms with Crippen LogP contribution in [0, 0.1) is 5.95 Å². The highest BCUT2D eigenvalue weighted by Gasteiger charge is 2.25. The summed E-state index contributed by atoms with van der Waals surface area (Å²) in [7, 11) is 0. The molecule has 0 aliphatic carbocycles. The zero-order valence-electron chi connectivity index (χ0n) is 14.0. The number of halogens is 1. The number of pyridine rings is 1. The van der Waals surface area contributed by atoms with Crippen LogP contribution in [-0.4, -0.2) is 90.6 Å². The minimum atomic E-state index is -0.587. The Labute approximate surface area is 145 Å². The second-order valence-electron chi connectivity index (χ2n) is 6.06. The van der Waals surface area contributed by atoms with E-state index in [-0.39, 0.29) is 11.9 Å². The lowest BCUT2D eigenvalue weighted by atomic mass is 10.3. The highest BCUT2D eigenvalue weighted by atomic mass is 19.1. The SMILES string of the molecule is O=C(CN1CCN(C(=O)Nc2ccc(F)nc2)CC1)N1CCOCC1. The largest absolute Gasteiger partial charge is 0.378 e. The maximum Gasteiger partial charge on any atom is 0.321 e. The van der Waals surface area contributed by atoms with Crippen molar-refractivity contribution < 1.29 is 18.7 Å². The zero-order valence-corrected chi connectivity index (χ0v) is 14.0. The van der Waals surface area contributed by atoms with Crippen molar-refractivity contribution in [3.8, 4) is 0 Å². The van der Waals surface area contributed by atoms with Crippen LogP contribution in [-0.2, 0) is 9.53 Å². The highest BCUT2D eigenvalue weighted by molar-refractivity contribution is 5.89. The Bertz CT molecular complexity index is 598. The van der Waals surface area contributed by atoms with E-state index in [4.69, 9.17) is 4.74 Å². The number of urea groups is 1. The van der Waals surface area contributed by atoms with E-state index in [0.717, 1.165) is 0 Å². The lowest BCUT2D eigenvalue weighted by Gasteiger charge is -2.36. The Morgan fingerprint density at radius 1 is 1.08 bits per heavy atom. The average molecular weight is 351 g/mol. The number of carbonyl (C=O) groups is 2. The predicted octanol–water partition coefficient (Wildman–Crippen LogP) is 0.229. The third kappa shape index (κ3) is 4.86. The molecule has 3 heterocycles. The summed E-state index contributed by atoms with van der Waals surface area (Å²) >= 11 is 0. The van der Waals surface area contributed by atoms with Crippen molar-refractivity contribution >= 4 is 17.6 Å². The first kappa shape index (κ1) is 17.6. The second kappa shape index (κ2) is 8.21. The summed E-state index contributed by atoms with van der Waals surface area (Å²) < 4.78 is 18.0. The maximum atomic E-state index is 12.8. The number of ether oxygens (including phenoxy) is 1. The molecule has 136 valence electrons. The van der Waals surface area contributed by atoms with Crippen LogP contribution in [0.1, 0.15) is 0 Å². The maximum absolute atomic E-state index is 12.8. The number of rotatable bonds is 3. The fourth-order valence-corrected chi connectivity index (χ4v) is 2.87. The third-order valence-corrected chi connectivity index (χ3v) is 4.36. The number of hydrogen-bond acceptors (Lipinski definition) is 5. The molecule has 1 aromatic rings. The summed E-state index contributed by atoms with van der Waals surface area (Å²) in [5.41, 5.74) is 0.455. The molecule has 8 nitrogen and oxygen atoms in total. The standard InChI is InChI=1S/C16H22FN5O3/c17-14-2-1-13(11-18-14)19-16(24)22-5-3-20(4-6-22)12-15(23)21-7-9-25-10-8-21/h1-2,11H,3-10,12H2,(H,19,24). The molecular formula is C16H22FN5O3. The molecule has 3 amide bonds. The van der Waals surface area contributed by atoms with Gasteiger partial charge in [0.25, 0.3) is 0 Å². The van der Waals surface area contributed by atoms with Crippen LogP contribution in [0.2, 0.25) is 0 Å². The lowest BCUT2D eigenvalue weighted by molar-refractivity contribution is -0.136. The molecule has 0 spiro atoms. The topological polar surface area (TPSA) is 78.0 Å². The smallest absolute Gasteiger partial charge is 0.321 e. The Hall–Kier alpha value is -2.26. The van der Waals surface area contributed by atoms with Gasteiger partial charge in [0, 0.05) is 39.3 Å². The van der Waals surface area contributed by atoms with E-state index in [1.807, 2.05) is 4.90 Å². The van der Waals surface area contributed by atoms with Crippen LogP contribution in [0.3, 0.4) is 0 Å². The fraction of sp³-hybridized carbons (Fsp3) is 0.562. The molecule has 0 aromatic carbocycles. The van der Waals surface area contributed by atoms with Crippen molar-refractivity contribution in [3.05, 3.63) is 24.3 Å². The normalized spacial score (nSPS) is 18.9. The van der Waals surface area contributed by atoms with Gasteiger partial charge in [0.15, 0.2) is 0 Å². The summed E-state index contributed by atoms with van der Waals surface area (Å²) in [6.07, 6.45) is 1.28. The van der Waals surface area contributed by atoms with Gasteiger partial charge in [0.2, 0.25) is 11.9 Å². The molecule has 0 atom stereocenters.